The Bertz CT molecular complexity index is 458. The first-order valence-corrected chi connectivity index (χ1v) is 6.05. The molecule has 0 bridgehead atoms. The van der Waals surface area contributed by atoms with E-state index in [-0.39, 0.29) is 23.0 Å². The van der Waals surface area contributed by atoms with Gasteiger partial charge in [-0.15, -0.1) is 11.3 Å². The van der Waals surface area contributed by atoms with E-state index in [1.165, 1.54) is 6.07 Å². The molecule has 8 heteroatoms. The molecule has 0 fully saturated rings. The summed E-state index contributed by atoms with van der Waals surface area (Å²) in [5.74, 6) is -1.42. The third kappa shape index (κ3) is 4.06. The topological polar surface area (TPSA) is 108 Å². The highest BCUT2D eigenvalue weighted by atomic mass is 32.1. The smallest absolute Gasteiger partial charge is 0.338 e. The van der Waals surface area contributed by atoms with Gasteiger partial charge in [0.05, 0.1) is 12.1 Å². The maximum atomic E-state index is 11.4. The molecule has 0 saturated carbocycles. The van der Waals surface area contributed by atoms with E-state index in [0.717, 1.165) is 11.3 Å². The van der Waals surface area contributed by atoms with Crippen LogP contribution in [0.4, 0.5) is 9.80 Å². The van der Waals surface area contributed by atoms with Gasteiger partial charge in [0.1, 0.15) is 5.00 Å². The fourth-order valence-corrected chi connectivity index (χ4v) is 1.92. The van der Waals surface area contributed by atoms with Gasteiger partial charge in [-0.25, -0.2) is 9.59 Å². The number of carbonyl (C=O) groups excluding carboxylic acids is 2. The lowest BCUT2D eigenvalue weighted by atomic mass is 10.3. The molecule has 1 aromatic rings. The number of amides is 3. The van der Waals surface area contributed by atoms with E-state index >= 15 is 0 Å². The summed E-state index contributed by atoms with van der Waals surface area (Å²) in [5, 5.41) is 17.8. The molecule has 0 unspecified atom stereocenters. The van der Waals surface area contributed by atoms with E-state index in [0.29, 0.717) is 6.54 Å². The molecule has 0 radical (unpaired) electrons. The van der Waals surface area contributed by atoms with Gasteiger partial charge in [-0.05, 0) is 18.4 Å². The summed E-state index contributed by atoms with van der Waals surface area (Å²) in [7, 11) is 0. The van der Waals surface area contributed by atoms with Crippen molar-refractivity contribution in [3.05, 3.63) is 17.0 Å². The lowest BCUT2D eigenvalue weighted by Crippen LogP contribution is -2.38. The molecule has 1 heterocycles. The van der Waals surface area contributed by atoms with E-state index in [1.807, 2.05) is 0 Å². The van der Waals surface area contributed by atoms with Crippen molar-refractivity contribution in [2.45, 2.75) is 6.92 Å². The zero-order valence-electron chi connectivity index (χ0n) is 9.65. The second kappa shape index (κ2) is 6.60. The number of anilines is 1. The quantitative estimate of drug-likeness (QED) is 0.632. The summed E-state index contributed by atoms with van der Waals surface area (Å²) in [6.07, 6.45) is 0. The number of nitrogens with one attached hydrogen (secondary N) is 3. The SMILES string of the molecule is CCNC(=O)CNC(=O)Nc1sccc1C(=O)O. The van der Waals surface area contributed by atoms with Crippen molar-refractivity contribution >= 4 is 34.2 Å². The molecule has 1 aromatic heterocycles. The molecule has 1 rings (SSSR count). The number of hydrogen-bond acceptors (Lipinski definition) is 4. The number of carboxylic acids is 1. The number of urea groups is 1. The molecule has 0 saturated heterocycles. The van der Waals surface area contributed by atoms with Crippen LogP contribution in [0.5, 0.6) is 0 Å². The van der Waals surface area contributed by atoms with Gasteiger partial charge in [-0.3, -0.25) is 10.1 Å². The van der Waals surface area contributed by atoms with E-state index in [1.54, 1.807) is 12.3 Å². The van der Waals surface area contributed by atoms with Crippen LogP contribution in [0, 0.1) is 0 Å². The number of rotatable bonds is 5. The Kier molecular flexibility index (Phi) is 5.12. The fraction of sp³-hybridized carbons (Fsp3) is 0.300. The molecular formula is C10H13N3O4S. The number of hydrogen-bond donors (Lipinski definition) is 4. The molecule has 98 valence electrons. The van der Waals surface area contributed by atoms with Crippen molar-refractivity contribution < 1.29 is 19.5 Å². The van der Waals surface area contributed by atoms with Crippen LogP contribution in [-0.4, -0.2) is 36.1 Å². The Morgan fingerprint density at radius 2 is 2.06 bits per heavy atom. The Hall–Kier alpha value is -2.09. The predicted octanol–water partition coefficient (Wildman–Crippen LogP) is 0.704. The molecule has 0 aliphatic rings. The summed E-state index contributed by atoms with van der Waals surface area (Å²) in [4.78, 5) is 33.3. The fourth-order valence-electron chi connectivity index (χ4n) is 1.14. The van der Waals surface area contributed by atoms with Crippen molar-refractivity contribution in [1.82, 2.24) is 10.6 Å². The number of carboxylic acid groups (broad SMARTS) is 1. The first-order valence-electron chi connectivity index (χ1n) is 5.17. The molecule has 0 aliphatic heterocycles. The summed E-state index contributed by atoms with van der Waals surface area (Å²) in [6, 6.07) is 0.776. The van der Waals surface area contributed by atoms with Crippen LogP contribution >= 0.6 is 11.3 Å². The molecule has 4 N–H and O–H groups in total. The molecule has 0 spiro atoms. The Morgan fingerprint density at radius 3 is 2.67 bits per heavy atom. The third-order valence-corrected chi connectivity index (χ3v) is 2.74. The summed E-state index contributed by atoms with van der Waals surface area (Å²) in [6.45, 7) is 2.09. The molecular weight excluding hydrogens is 258 g/mol. The molecule has 0 aliphatic carbocycles. The molecule has 18 heavy (non-hydrogen) atoms. The minimum absolute atomic E-state index is 0.0214. The second-order valence-electron chi connectivity index (χ2n) is 3.23. The Morgan fingerprint density at radius 1 is 1.33 bits per heavy atom. The van der Waals surface area contributed by atoms with Crippen LogP contribution in [0.15, 0.2) is 11.4 Å². The minimum atomic E-state index is -1.12. The predicted molar refractivity (Wildman–Crippen MR) is 67.0 cm³/mol. The van der Waals surface area contributed by atoms with E-state index in [9.17, 15) is 14.4 Å². The number of aromatic carboxylic acids is 1. The van der Waals surface area contributed by atoms with Crippen LogP contribution in [0.2, 0.25) is 0 Å². The lowest BCUT2D eigenvalue weighted by Gasteiger charge is -2.06. The maximum Gasteiger partial charge on any atom is 0.338 e. The highest BCUT2D eigenvalue weighted by Gasteiger charge is 2.13. The van der Waals surface area contributed by atoms with Crippen molar-refractivity contribution in [3.8, 4) is 0 Å². The Balaban J connectivity index is 2.47. The van der Waals surface area contributed by atoms with Gasteiger partial charge in [-0.2, -0.15) is 0 Å². The monoisotopic (exact) mass is 271 g/mol. The van der Waals surface area contributed by atoms with Crippen molar-refractivity contribution in [3.63, 3.8) is 0 Å². The van der Waals surface area contributed by atoms with Crippen LogP contribution in [0.3, 0.4) is 0 Å². The van der Waals surface area contributed by atoms with E-state index < -0.39 is 12.0 Å². The van der Waals surface area contributed by atoms with Gasteiger partial charge in [0.2, 0.25) is 5.91 Å². The van der Waals surface area contributed by atoms with Gasteiger partial charge in [0, 0.05) is 6.54 Å². The van der Waals surface area contributed by atoms with Crippen LogP contribution in [0.1, 0.15) is 17.3 Å². The standard InChI is InChI=1S/C10H13N3O4S/c1-2-11-7(14)5-12-10(17)13-8-6(9(15)16)3-4-18-8/h3-4H,2,5H2,1H3,(H,11,14)(H,15,16)(H2,12,13,17). The zero-order valence-corrected chi connectivity index (χ0v) is 10.5. The van der Waals surface area contributed by atoms with Gasteiger partial charge in [-0.1, -0.05) is 0 Å². The average Bonchev–Trinajstić information content (AvgIpc) is 2.75. The van der Waals surface area contributed by atoms with Crippen molar-refractivity contribution in [2.24, 2.45) is 0 Å². The first-order chi connectivity index (χ1) is 8.54. The van der Waals surface area contributed by atoms with Gasteiger partial charge in [0.15, 0.2) is 0 Å². The highest BCUT2D eigenvalue weighted by Crippen LogP contribution is 2.22. The summed E-state index contributed by atoms with van der Waals surface area (Å²) in [5.41, 5.74) is 0.0214. The Labute approximate surface area is 107 Å². The van der Waals surface area contributed by atoms with Crippen LogP contribution in [0.25, 0.3) is 0 Å². The minimum Gasteiger partial charge on any atom is -0.478 e. The lowest BCUT2D eigenvalue weighted by molar-refractivity contribution is -0.119. The molecule has 3 amide bonds. The number of thiophene rings is 1. The zero-order chi connectivity index (χ0) is 13.5. The normalized spacial score (nSPS) is 9.61. The van der Waals surface area contributed by atoms with Crippen LogP contribution < -0.4 is 16.0 Å². The molecule has 0 atom stereocenters. The van der Waals surface area contributed by atoms with Crippen molar-refractivity contribution in [1.29, 1.82) is 0 Å². The molecule has 0 aromatic carbocycles. The van der Waals surface area contributed by atoms with E-state index in [2.05, 4.69) is 16.0 Å². The van der Waals surface area contributed by atoms with Gasteiger partial charge >= 0.3 is 12.0 Å². The van der Waals surface area contributed by atoms with Gasteiger partial charge in [0.25, 0.3) is 0 Å². The van der Waals surface area contributed by atoms with Crippen molar-refractivity contribution in [2.75, 3.05) is 18.4 Å². The summed E-state index contributed by atoms with van der Waals surface area (Å²) < 4.78 is 0. The first kappa shape index (κ1) is 14.0. The second-order valence-corrected chi connectivity index (χ2v) is 4.15. The molecule has 7 nitrogen and oxygen atoms in total. The van der Waals surface area contributed by atoms with Crippen LogP contribution in [-0.2, 0) is 4.79 Å². The average molecular weight is 271 g/mol. The van der Waals surface area contributed by atoms with E-state index in [4.69, 9.17) is 5.11 Å². The number of carbonyl (C=O) groups is 3. The largest absolute Gasteiger partial charge is 0.478 e. The summed E-state index contributed by atoms with van der Waals surface area (Å²) >= 11 is 1.10. The van der Waals surface area contributed by atoms with Gasteiger partial charge < -0.3 is 15.7 Å². The maximum absolute atomic E-state index is 11.4. The number of likely N-dealkylation sites (N-methyl/N-ethyl adjacent to an activating group) is 1. The third-order valence-electron chi connectivity index (χ3n) is 1.91. The highest BCUT2D eigenvalue weighted by molar-refractivity contribution is 7.14.